The molecular formula is C14H22N2O2. The molecule has 0 aliphatic carbocycles. The van der Waals surface area contributed by atoms with Crippen molar-refractivity contribution in [2.24, 2.45) is 11.7 Å². The number of anilines is 1. The molecule has 0 heterocycles. The first-order valence-corrected chi connectivity index (χ1v) is 6.13. The van der Waals surface area contributed by atoms with Crippen LogP contribution in [0.4, 0.5) is 5.69 Å². The first kappa shape index (κ1) is 14.5. The number of hydrogen-bond acceptors (Lipinski definition) is 3. The molecule has 4 heteroatoms. The second-order valence-electron chi connectivity index (χ2n) is 4.83. The molecule has 0 fully saturated rings. The third-order valence-corrected chi connectivity index (χ3v) is 2.81. The van der Waals surface area contributed by atoms with Gasteiger partial charge < -0.3 is 15.4 Å². The van der Waals surface area contributed by atoms with Crippen LogP contribution in [0.5, 0.6) is 5.75 Å². The highest BCUT2D eigenvalue weighted by Crippen LogP contribution is 2.20. The summed E-state index contributed by atoms with van der Waals surface area (Å²) in [5.74, 6) is 1.06. The van der Waals surface area contributed by atoms with Crippen LogP contribution in [0.25, 0.3) is 0 Å². The fraction of sp³-hybridized carbons (Fsp3) is 0.500. The molecule has 1 amide bonds. The summed E-state index contributed by atoms with van der Waals surface area (Å²) >= 11 is 0. The van der Waals surface area contributed by atoms with E-state index in [1.54, 1.807) is 19.1 Å². The number of benzene rings is 1. The largest absolute Gasteiger partial charge is 0.497 e. The van der Waals surface area contributed by atoms with E-state index in [0.717, 1.165) is 11.4 Å². The highest BCUT2D eigenvalue weighted by Gasteiger charge is 2.20. The Hall–Kier alpha value is -1.55. The van der Waals surface area contributed by atoms with Gasteiger partial charge in [-0.2, -0.15) is 0 Å². The Kier molecular flexibility index (Phi) is 5.16. The van der Waals surface area contributed by atoms with Crippen LogP contribution in [0.15, 0.2) is 24.3 Å². The van der Waals surface area contributed by atoms with E-state index in [4.69, 9.17) is 10.5 Å². The summed E-state index contributed by atoms with van der Waals surface area (Å²) in [7, 11) is 3.34. The molecule has 0 spiro atoms. The van der Waals surface area contributed by atoms with Gasteiger partial charge in [0, 0.05) is 18.8 Å². The average molecular weight is 250 g/mol. The third-order valence-electron chi connectivity index (χ3n) is 2.81. The molecule has 0 unspecified atom stereocenters. The van der Waals surface area contributed by atoms with Gasteiger partial charge in [-0.1, -0.05) is 19.9 Å². The van der Waals surface area contributed by atoms with Gasteiger partial charge >= 0.3 is 0 Å². The lowest BCUT2D eigenvalue weighted by Crippen LogP contribution is -2.42. The molecule has 0 aromatic heterocycles. The van der Waals surface area contributed by atoms with Gasteiger partial charge in [0.1, 0.15) is 5.75 Å². The average Bonchev–Trinajstić information content (AvgIpc) is 2.36. The molecule has 1 aromatic carbocycles. The van der Waals surface area contributed by atoms with Crippen LogP contribution in [0.3, 0.4) is 0 Å². The molecule has 0 saturated carbocycles. The lowest BCUT2D eigenvalue weighted by molar-refractivity contribution is -0.119. The topological polar surface area (TPSA) is 55.6 Å². The molecule has 1 atom stereocenters. The number of ether oxygens (including phenoxy) is 1. The maximum Gasteiger partial charge on any atom is 0.243 e. The Balaban J connectivity index is 2.79. The number of carbonyl (C=O) groups excluding carboxylic acids is 1. The lowest BCUT2D eigenvalue weighted by Gasteiger charge is -2.22. The van der Waals surface area contributed by atoms with E-state index in [2.05, 4.69) is 13.8 Å². The number of hydrogen-bond donors (Lipinski definition) is 1. The lowest BCUT2D eigenvalue weighted by atomic mass is 10.0. The molecule has 0 saturated heterocycles. The van der Waals surface area contributed by atoms with Crippen molar-refractivity contribution >= 4 is 11.6 Å². The van der Waals surface area contributed by atoms with E-state index in [-0.39, 0.29) is 5.91 Å². The van der Waals surface area contributed by atoms with Crippen LogP contribution in [0, 0.1) is 5.92 Å². The first-order valence-electron chi connectivity index (χ1n) is 6.13. The number of methoxy groups -OCH3 is 1. The zero-order chi connectivity index (χ0) is 13.7. The summed E-state index contributed by atoms with van der Waals surface area (Å²) < 4.78 is 5.14. The van der Waals surface area contributed by atoms with Crippen LogP contribution in [0.1, 0.15) is 20.3 Å². The number of likely N-dealkylation sites (N-methyl/N-ethyl adjacent to an activating group) is 1. The molecule has 0 radical (unpaired) electrons. The summed E-state index contributed by atoms with van der Waals surface area (Å²) in [5.41, 5.74) is 6.69. The summed E-state index contributed by atoms with van der Waals surface area (Å²) in [4.78, 5) is 13.7. The third kappa shape index (κ3) is 3.74. The Morgan fingerprint density at radius 3 is 2.67 bits per heavy atom. The number of rotatable bonds is 5. The summed E-state index contributed by atoms with van der Waals surface area (Å²) in [6, 6.07) is 6.92. The molecule has 18 heavy (non-hydrogen) atoms. The number of nitrogens with zero attached hydrogens (tertiary/aromatic N) is 1. The van der Waals surface area contributed by atoms with Crippen LogP contribution in [0.2, 0.25) is 0 Å². The Labute approximate surface area is 109 Å². The summed E-state index contributed by atoms with van der Waals surface area (Å²) in [6.45, 7) is 4.11. The Bertz CT molecular complexity index is 405. The Morgan fingerprint density at radius 2 is 2.11 bits per heavy atom. The number of amides is 1. The van der Waals surface area contributed by atoms with Crippen molar-refractivity contribution in [3.05, 3.63) is 24.3 Å². The smallest absolute Gasteiger partial charge is 0.243 e. The predicted molar refractivity (Wildman–Crippen MR) is 73.8 cm³/mol. The van der Waals surface area contributed by atoms with E-state index in [1.165, 1.54) is 0 Å². The van der Waals surface area contributed by atoms with Gasteiger partial charge in [0.2, 0.25) is 5.91 Å². The van der Waals surface area contributed by atoms with E-state index in [9.17, 15) is 4.79 Å². The number of carbonyl (C=O) groups is 1. The van der Waals surface area contributed by atoms with Gasteiger partial charge in [0.25, 0.3) is 0 Å². The standard InChI is InChI=1S/C14H22N2O2/c1-10(2)8-13(15)14(17)16(3)11-6-5-7-12(9-11)18-4/h5-7,9-10,13H,8,15H2,1-4H3/t13-/m1/s1. The maximum atomic E-state index is 12.1. The normalized spacial score (nSPS) is 12.3. The first-order chi connectivity index (χ1) is 8.45. The fourth-order valence-electron chi connectivity index (χ4n) is 1.80. The van der Waals surface area contributed by atoms with Crippen molar-refractivity contribution in [1.82, 2.24) is 0 Å². The minimum Gasteiger partial charge on any atom is -0.497 e. The quantitative estimate of drug-likeness (QED) is 0.870. The minimum atomic E-state index is -0.457. The maximum absolute atomic E-state index is 12.1. The molecular weight excluding hydrogens is 228 g/mol. The zero-order valence-electron chi connectivity index (χ0n) is 11.5. The molecule has 1 aromatic rings. The van der Waals surface area contributed by atoms with E-state index >= 15 is 0 Å². The highest BCUT2D eigenvalue weighted by atomic mass is 16.5. The highest BCUT2D eigenvalue weighted by molar-refractivity contribution is 5.96. The second-order valence-corrected chi connectivity index (χ2v) is 4.83. The minimum absolute atomic E-state index is 0.0723. The fourth-order valence-corrected chi connectivity index (χ4v) is 1.80. The second kappa shape index (κ2) is 6.40. The van der Waals surface area contributed by atoms with Gasteiger partial charge in [-0.05, 0) is 24.5 Å². The molecule has 100 valence electrons. The summed E-state index contributed by atoms with van der Waals surface area (Å²) in [5, 5.41) is 0. The molecule has 4 nitrogen and oxygen atoms in total. The van der Waals surface area contributed by atoms with E-state index in [0.29, 0.717) is 12.3 Å². The van der Waals surface area contributed by atoms with Gasteiger partial charge in [-0.15, -0.1) is 0 Å². The van der Waals surface area contributed by atoms with Crippen molar-refractivity contribution < 1.29 is 9.53 Å². The van der Waals surface area contributed by atoms with Crippen LogP contribution in [-0.2, 0) is 4.79 Å². The van der Waals surface area contributed by atoms with Gasteiger partial charge in [0.15, 0.2) is 0 Å². The zero-order valence-corrected chi connectivity index (χ0v) is 11.5. The van der Waals surface area contributed by atoms with E-state index in [1.807, 2.05) is 24.3 Å². The van der Waals surface area contributed by atoms with Crippen molar-refractivity contribution in [1.29, 1.82) is 0 Å². The predicted octanol–water partition coefficient (Wildman–Crippen LogP) is 2.03. The van der Waals surface area contributed by atoms with Gasteiger partial charge in [-0.25, -0.2) is 0 Å². The molecule has 0 bridgehead atoms. The molecule has 2 N–H and O–H groups in total. The van der Waals surface area contributed by atoms with Crippen LogP contribution < -0.4 is 15.4 Å². The molecule has 0 aliphatic rings. The van der Waals surface area contributed by atoms with E-state index < -0.39 is 6.04 Å². The molecule has 0 aliphatic heterocycles. The number of nitrogens with two attached hydrogens (primary N) is 1. The van der Waals surface area contributed by atoms with Crippen LogP contribution in [-0.4, -0.2) is 26.1 Å². The summed E-state index contributed by atoms with van der Waals surface area (Å²) in [6.07, 6.45) is 0.688. The van der Waals surface area contributed by atoms with Gasteiger partial charge in [0.05, 0.1) is 13.2 Å². The molecule has 1 rings (SSSR count). The van der Waals surface area contributed by atoms with Crippen LogP contribution >= 0.6 is 0 Å². The van der Waals surface area contributed by atoms with Crippen molar-refractivity contribution in [2.75, 3.05) is 19.1 Å². The monoisotopic (exact) mass is 250 g/mol. The van der Waals surface area contributed by atoms with Crippen molar-refractivity contribution in [2.45, 2.75) is 26.3 Å². The van der Waals surface area contributed by atoms with Crippen molar-refractivity contribution in [3.8, 4) is 5.75 Å². The van der Waals surface area contributed by atoms with Gasteiger partial charge in [-0.3, -0.25) is 4.79 Å². The van der Waals surface area contributed by atoms with Crippen molar-refractivity contribution in [3.63, 3.8) is 0 Å². The Morgan fingerprint density at radius 1 is 1.44 bits per heavy atom. The SMILES string of the molecule is COc1cccc(N(C)C(=O)[C@H](N)CC(C)C)c1.